The smallest absolute Gasteiger partial charge is 0.305 e. The monoisotopic (exact) mass is 357 g/mol. The van der Waals surface area contributed by atoms with Gasteiger partial charge in [-0.05, 0) is 43.7 Å². The van der Waals surface area contributed by atoms with Gasteiger partial charge in [-0.1, -0.05) is 23.8 Å². The summed E-state index contributed by atoms with van der Waals surface area (Å²) in [5.41, 5.74) is 2.07. The largest absolute Gasteiger partial charge is 0.493 e. The Morgan fingerprint density at radius 3 is 2.54 bits per heavy atom. The maximum Gasteiger partial charge on any atom is 0.305 e. The highest BCUT2D eigenvalue weighted by Crippen LogP contribution is 2.31. The number of carbonyl (C=O) groups is 2. The van der Waals surface area contributed by atoms with Crippen LogP contribution in [0.2, 0.25) is 0 Å². The zero-order chi connectivity index (χ0) is 19.1. The van der Waals surface area contributed by atoms with E-state index in [-0.39, 0.29) is 12.3 Å². The molecule has 0 radical (unpaired) electrons. The van der Waals surface area contributed by atoms with Crippen LogP contribution in [0.5, 0.6) is 11.5 Å². The van der Waals surface area contributed by atoms with E-state index in [1.54, 1.807) is 36.4 Å². The summed E-state index contributed by atoms with van der Waals surface area (Å²) in [7, 11) is 1.51. The maximum absolute atomic E-state index is 12.5. The van der Waals surface area contributed by atoms with Crippen LogP contribution < -0.4 is 14.8 Å². The van der Waals surface area contributed by atoms with Crippen molar-refractivity contribution in [2.75, 3.05) is 13.7 Å². The maximum atomic E-state index is 12.5. The molecule has 138 valence electrons. The number of carbonyl (C=O) groups excluding carboxylic acids is 1. The molecule has 1 atom stereocenters. The number of hydrogen-bond donors (Lipinski definition) is 2. The number of hydrogen-bond acceptors (Lipinski definition) is 4. The summed E-state index contributed by atoms with van der Waals surface area (Å²) in [5.74, 6) is -0.275. The van der Waals surface area contributed by atoms with Crippen molar-refractivity contribution in [3.8, 4) is 11.5 Å². The van der Waals surface area contributed by atoms with E-state index >= 15 is 0 Å². The van der Waals surface area contributed by atoms with Crippen LogP contribution in [0.15, 0.2) is 42.5 Å². The number of rotatable bonds is 8. The van der Waals surface area contributed by atoms with Gasteiger partial charge in [0.25, 0.3) is 5.91 Å². The quantitative estimate of drug-likeness (QED) is 0.757. The van der Waals surface area contributed by atoms with Crippen molar-refractivity contribution >= 4 is 11.9 Å². The molecular weight excluding hydrogens is 334 g/mol. The second-order valence-corrected chi connectivity index (χ2v) is 5.84. The molecule has 26 heavy (non-hydrogen) atoms. The first-order valence-electron chi connectivity index (χ1n) is 8.34. The Hall–Kier alpha value is -3.02. The summed E-state index contributed by atoms with van der Waals surface area (Å²) in [6.07, 6.45) is -0.241. The molecule has 0 aliphatic heterocycles. The van der Waals surface area contributed by atoms with Crippen molar-refractivity contribution in [1.29, 1.82) is 0 Å². The number of nitrogens with one attached hydrogen (secondary N) is 1. The molecule has 6 heteroatoms. The van der Waals surface area contributed by atoms with Gasteiger partial charge in [-0.3, -0.25) is 9.59 Å². The van der Waals surface area contributed by atoms with Crippen LogP contribution in [-0.2, 0) is 4.79 Å². The molecule has 1 amide bonds. The fourth-order valence-corrected chi connectivity index (χ4v) is 2.63. The van der Waals surface area contributed by atoms with Crippen LogP contribution in [0.4, 0.5) is 0 Å². The fourth-order valence-electron chi connectivity index (χ4n) is 2.63. The van der Waals surface area contributed by atoms with E-state index in [4.69, 9.17) is 9.47 Å². The summed E-state index contributed by atoms with van der Waals surface area (Å²) in [6, 6.07) is 11.6. The number of ether oxygens (including phenoxy) is 2. The van der Waals surface area contributed by atoms with Crippen molar-refractivity contribution < 1.29 is 24.2 Å². The highest BCUT2D eigenvalue weighted by Gasteiger charge is 2.20. The van der Waals surface area contributed by atoms with E-state index in [0.29, 0.717) is 29.2 Å². The molecule has 0 heterocycles. The molecule has 2 aromatic carbocycles. The number of benzene rings is 2. The van der Waals surface area contributed by atoms with Gasteiger partial charge < -0.3 is 19.9 Å². The van der Waals surface area contributed by atoms with E-state index in [9.17, 15) is 14.7 Å². The van der Waals surface area contributed by atoms with E-state index < -0.39 is 12.0 Å². The van der Waals surface area contributed by atoms with Crippen LogP contribution in [0, 0.1) is 6.92 Å². The SMILES string of the molecule is CCOc1ccc([C@H](CC(=O)O)NC(=O)c2cccc(C)c2)cc1OC. The Labute approximate surface area is 152 Å². The topological polar surface area (TPSA) is 84.9 Å². The summed E-state index contributed by atoms with van der Waals surface area (Å²) >= 11 is 0. The molecule has 0 aliphatic rings. The van der Waals surface area contributed by atoms with Crippen molar-refractivity contribution in [3.63, 3.8) is 0 Å². The van der Waals surface area contributed by atoms with E-state index in [1.807, 2.05) is 19.9 Å². The normalized spacial score (nSPS) is 11.5. The predicted molar refractivity (Wildman–Crippen MR) is 97.8 cm³/mol. The lowest BCUT2D eigenvalue weighted by molar-refractivity contribution is -0.137. The van der Waals surface area contributed by atoms with Gasteiger partial charge in [-0.15, -0.1) is 0 Å². The van der Waals surface area contributed by atoms with Crippen LogP contribution in [0.25, 0.3) is 0 Å². The Morgan fingerprint density at radius 1 is 1.15 bits per heavy atom. The third-order valence-electron chi connectivity index (χ3n) is 3.85. The lowest BCUT2D eigenvalue weighted by Crippen LogP contribution is -2.30. The minimum Gasteiger partial charge on any atom is -0.493 e. The van der Waals surface area contributed by atoms with Crippen molar-refractivity contribution in [3.05, 3.63) is 59.2 Å². The Morgan fingerprint density at radius 2 is 1.92 bits per heavy atom. The van der Waals surface area contributed by atoms with Gasteiger partial charge in [0.05, 0.1) is 26.2 Å². The van der Waals surface area contributed by atoms with Crippen LogP contribution in [0.1, 0.15) is 40.9 Å². The average Bonchev–Trinajstić information content (AvgIpc) is 2.61. The van der Waals surface area contributed by atoms with Gasteiger partial charge in [0.15, 0.2) is 11.5 Å². The van der Waals surface area contributed by atoms with Gasteiger partial charge >= 0.3 is 5.97 Å². The highest BCUT2D eigenvalue weighted by molar-refractivity contribution is 5.94. The zero-order valence-corrected chi connectivity index (χ0v) is 15.1. The van der Waals surface area contributed by atoms with Gasteiger partial charge in [-0.2, -0.15) is 0 Å². The number of carboxylic acids is 1. The van der Waals surface area contributed by atoms with Crippen molar-refractivity contribution in [2.24, 2.45) is 0 Å². The van der Waals surface area contributed by atoms with E-state index in [1.165, 1.54) is 7.11 Å². The minimum absolute atomic E-state index is 0.241. The number of carboxylic acid groups (broad SMARTS) is 1. The number of aryl methyl sites for hydroxylation is 1. The zero-order valence-electron chi connectivity index (χ0n) is 15.1. The van der Waals surface area contributed by atoms with Crippen LogP contribution >= 0.6 is 0 Å². The first-order chi connectivity index (χ1) is 12.4. The first-order valence-corrected chi connectivity index (χ1v) is 8.34. The molecule has 0 aromatic heterocycles. The Balaban J connectivity index is 2.29. The highest BCUT2D eigenvalue weighted by atomic mass is 16.5. The van der Waals surface area contributed by atoms with Gasteiger partial charge in [0, 0.05) is 5.56 Å². The molecular formula is C20H23NO5. The summed E-state index contributed by atoms with van der Waals surface area (Å²) in [6.45, 7) is 4.24. The molecule has 0 aliphatic carbocycles. The average molecular weight is 357 g/mol. The molecule has 2 N–H and O–H groups in total. The van der Waals surface area contributed by atoms with Gasteiger partial charge in [-0.25, -0.2) is 0 Å². The molecule has 0 unspecified atom stereocenters. The van der Waals surface area contributed by atoms with Crippen molar-refractivity contribution in [1.82, 2.24) is 5.32 Å². The molecule has 0 spiro atoms. The summed E-state index contributed by atoms with van der Waals surface area (Å²) in [5, 5.41) is 12.0. The first kappa shape index (κ1) is 19.3. The minimum atomic E-state index is -1.01. The van der Waals surface area contributed by atoms with Gasteiger partial charge in [0.2, 0.25) is 0 Å². The third-order valence-corrected chi connectivity index (χ3v) is 3.85. The second kappa shape index (κ2) is 8.89. The Kier molecular flexibility index (Phi) is 6.60. The van der Waals surface area contributed by atoms with E-state index in [0.717, 1.165) is 5.56 Å². The summed E-state index contributed by atoms with van der Waals surface area (Å²) < 4.78 is 10.8. The predicted octanol–water partition coefficient (Wildman–Crippen LogP) is 3.35. The van der Waals surface area contributed by atoms with Crippen LogP contribution in [-0.4, -0.2) is 30.7 Å². The number of methoxy groups -OCH3 is 1. The standard InChI is InChI=1S/C20H23NO5/c1-4-26-17-9-8-14(11-18(17)25-3)16(12-19(22)23)21-20(24)15-7-5-6-13(2)10-15/h5-11,16H,4,12H2,1-3H3,(H,21,24)(H,22,23)/t16-/m0/s1. The van der Waals surface area contributed by atoms with Crippen molar-refractivity contribution in [2.45, 2.75) is 26.3 Å². The third kappa shape index (κ3) is 4.99. The molecule has 2 aromatic rings. The molecule has 6 nitrogen and oxygen atoms in total. The second-order valence-electron chi connectivity index (χ2n) is 5.84. The lowest BCUT2D eigenvalue weighted by atomic mass is 10.0. The number of amides is 1. The molecule has 0 fully saturated rings. The van der Waals surface area contributed by atoms with Gasteiger partial charge in [0.1, 0.15) is 0 Å². The van der Waals surface area contributed by atoms with Crippen LogP contribution in [0.3, 0.4) is 0 Å². The fraction of sp³-hybridized carbons (Fsp3) is 0.300. The molecule has 0 saturated carbocycles. The molecule has 2 rings (SSSR count). The molecule has 0 saturated heterocycles. The molecule has 0 bridgehead atoms. The Bertz CT molecular complexity index is 788. The number of aliphatic carboxylic acids is 1. The lowest BCUT2D eigenvalue weighted by Gasteiger charge is -2.19. The van der Waals surface area contributed by atoms with E-state index in [2.05, 4.69) is 5.32 Å². The summed E-state index contributed by atoms with van der Waals surface area (Å²) in [4.78, 5) is 23.8.